The summed E-state index contributed by atoms with van der Waals surface area (Å²) in [6.45, 7) is -0.695. The Balaban J connectivity index is 0.00000264. The Morgan fingerprint density at radius 3 is 1.98 bits per heavy atom. The Morgan fingerprint density at radius 1 is 0.795 bits per heavy atom. The average Bonchev–Trinajstić information content (AvgIpc) is 2.99. The normalized spacial score (nSPS) is 12.2. The van der Waals surface area contributed by atoms with Gasteiger partial charge in [0.1, 0.15) is 15.5 Å². The van der Waals surface area contributed by atoms with Crippen LogP contribution < -0.4 is 96.8 Å². The monoisotopic (exact) mass is 652 g/mol. The fraction of sp³-hybridized carbons (Fsp3) is 0.0370. The van der Waals surface area contributed by atoms with Crippen LogP contribution in [0.4, 0.5) is 11.4 Å². The molecule has 0 aliphatic heterocycles. The zero-order valence-electron chi connectivity index (χ0n) is 23.1. The summed E-state index contributed by atoms with van der Waals surface area (Å²) in [4.78, 5) is 26.3. The van der Waals surface area contributed by atoms with Crippen LogP contribution in [0.25, 0.3) is 21.5 Å². The van der Waals surface area contributed by atoms with Gasteiger partial charge in [-0.15, -0.1) is 0 Å². The second-order valence-corrected chi connectivity index (χ2v) is 10.7. The number of benzene rings is 5. The van der Waals surface area contributed by atoms with E-state index in [9.17, 15) is 32.9 Å². The summed E-state index contributed by atoms with van der Waals surface area (Å²) in [6.07, 6.45) is 0. The molecule has 13 nitrogen and oxygen atoms in total. The van der Waals surface area contributed by atoms with E-state index in [1.807, 2.05) is 0 Å². The zero-order valence-corrected chi connectivity index (χ0v) is 28.8. The molecule has 3 N–H and O–H groups in total. The Bertz CT molecular complexity index is 2180. The molecule has 0 aromatic heterocycles. The van der Waals surface area contributed by atoms with E-state index >= 15 is 0 Å². The van der Waals surface area contributed by atoms with Crippen LogP contribution in [0.3, 0.4) is 0 Å². The number of rotatable bonds is 9. The summed E-state index contributed by atoms with van der Waals surface area (Å²) in [5, 5.41) is 32.6. The Kier molecular flexibility index (Phi) is 12.8. The third-order valence-corrected chi connectivity index (χ3v) is 7.76. The van der Waals surface area contributed by atoms with Gasteiger partial charge in [-0.1, -0.05) is 48.5 Å². The molecule has 0 saturated heterocycles. The van der Waals surface area contributed by atoms with Crippen molar-refractivity contribution < 1.29 is 91.8 Å². The van der Waals surface area contributed by atoms with Crippen LogP contribution in [0.1, 0.15) is 5.56 Å². The van der Waals surface area contributed by atoms with Crippen LogP contribution in [0.15, 0.2) is 108 Å². The third-order valence-electron chi connectivity index (χ3n) is 6.21. The maximum Gasteiger partial charge on any atom is 1.00 e. The minimum atomic E-state index is -4.75. The van der Waals surface area contributed by atoms with Crippen molar-refractivity contribution in [3.63, 3.8) is 0 Å². The van der Waals surface area contributed by atoms with Crippen molar-refractivity contribution in [1.82, 2.24) is 0 Å². The topological polar surface area (TPSA) is 202 Å². The molecule has 0 atom stereocenters. The molecule has 0 fully saturated rings. The van der Waals surface area contributed by atoms with E-state index in [4.69, 9.17) is 0 Å². The average molecular weight is 653 g/mol. The molecular weight excluding hydrogens is 634 g/mol. The molecule has 5 rings (SSSR count). The summed E-state index contributed by atoms with van der Waals surface area (Å²) in [7, 11) is -4.75. The Hall–Kier alpha value is -2.48. The number of fused-ring (bicyclic) bond motifs is 2. The first kappa shape index (κ1) is 36.0. The van der Waals surface area contributed by atoms with Gasteiger partial charge in [0.05, 0.1) is 34.9 Å². The number of hydrogen-bond donors (Lipinski definition) is 3. The molecule has 0 aliphatic rings. The van der Waals surface area contributed by atoms with Crippen LogP contribution in [-0.2, 0) is 26.1 Å². The number of aliphatic hydroxyl groups excluding tert-OH is 1. The summed E-state index contributed by atoms with van der Waals surface area (Å²) in [5.74, 6) is 0. The first-order chi connectivity index (χ1) is 20.2. The maximum atomic E-state index is 13.3. The molecule has 0 aliphatic carbocycles. The van der Waals surface area contributed by atoms with E-state index < -0.39 is 37.8 Å². The van der Waals surface area contributed by atoms with E-state index in [0.717, 1.165) is 12.1 Å². The fourth-order valence-electron chi connectivity index (χ4n) is 4.29. The molecule has 0 amide bonds. The molecule has 5 aromatic rings. The largest absolute Gasteiger partial charge is 1.00 e. The SMILES string of the molecule is O=c1c(CO)cc(=NNc2ccc(S(=O)(=O)[O-])c3ccccc23)c(=O)c1=NNc1ccc(SOO[O-])c2ccccc12.[Na+].[Na+]. The van der Waals surface area contributed by atoms with Gasteiger partial charge in [0.2, 0.25) is 10.9 Å². The van der Waals surface area contributed by atoms with Crippen molar-refractivity contribution in [3.05, 3.63) is 116 Å². The summed E-state index contributed by atoms with van der Waals surface area (Å²) in [5.41, 5.74) is 4.30. The molecule has 214 valence electrons. The summed E-state index contributed by atoms with van der Waals surface area (Å²) in [6, 6.07) is 20.0. The van der Waals surface area contributed by atoms with Crippen molar-refractivity contribution in [2.75, 3.05) is 10.9 Å². The van der Waals surface area contributed by atoms with Gasteiger partial charge in [-0.2, -0.15) is 14.5 Å². The van der Waals surface area contributed by atoms with E-state index in [1.165, 1.54) is 12.1 Å². The van der Waals surface area contributed by atoms with Gasteiger partial charge < -0.3 is 14.9 Å². The molecule has 44 heavy (non-hydrogen) atoms. The van der Waals surface area contributed by atoms with Gasteiger partial charge in [-0.05, 0) is 35.7 Å². The van der Waals surface area contributed by atoms with E-state index in [1.54, 1.807) is 54.6 Å². The number of aliphatic hydroxyl groups is 1. The van der Waals surface area contributed by atoms with Gasteiger partial charge in [0, 0.05) is 26.6 Å². The van der Waals surface area contributed by atoms with Gasteiger partial charge in [0.15, 0.2) is 5.36 Å². The van der Waals surface area contributed by atoms with Crippen LogP contribution in [0.5, 0.6) is 0 Å². The van der Waals surface area contributed by atoms with E-state index in [2.05, 4.69) is 30.4 Å². The minimum absolute atomic E-state index is 0. The third kappa shape index (κ3) is 7.66. The van der Waals surface area contributed by atoms with Crippen molar-refractivity contribution in [3.8, 4) is 0 Å². The predicted molar refractivity (Wildman–Crippen MR) is 150 cm³/mol. The first-order valence-electron chi connectivity index (χ1n) is 11.9. The summed E-state index contributed by atoms with van der Waals surface area (Å²) < 4.78 is 39.5. The Labute approximate surface area is 297 Å². The van der Waals surface area contributed by atoms with Crippen molar-refractivity contribution in [1.29, 1.82) is 0 Å². The molecular formula is C27H18N4Na2O9S2. The van der Waals surface area contributed by atoms with Crippen LogP contribution in [0.2, 0.25) is 0 Å². The number of nitrogens with one attached hydrogen (secondary N) is 2. The van der Waals surface area contributed by atoms with Crippen LogP contribution >= 0.6 is 12.0 Å². The molecule has 17 heteroatoms. The van der Waals surface area contributed by atoms with E-state index in [0.29, 0.717) is 38.8 Å². The summed E-state index contributed by atoms with van der Waals surface area (Å²) >= 11 is 0.705. The molecule has 0 radical (unpaired) electrons. The molecule has 0 unspecified atom stereocenters. The first-order valence-corrected chi connectivity index (χ1v) is 14.1. The molecule has 0 spiro atoms. The standard InChI is InChI=1S/C27H20N4O9S2.2Na/c32-14-15-13-22(30-28-21-10-12-24(42(36,37)38)19-8-4-2-6-17(19)21)27(34)25(26(15)33)31-29-20-9-11-23(41-40-39-35)18-7-3-1-5-16(18)20;;/h1-13,28-29,32,35H,14H2,(H,36,37,38);;/q;2*+1/p-2. The van der Waals surface area contributed by atoms with Gasteiger partial charge in [0.25, 0.3) is 0 Å². The van der Waals surface area contributed by atoms with E-state index in [-0.39, 0.29) is 81.1 Å². The van der Waals surface area contributed by atoms with Gasteiger partial charge in [-0.3, -0.25) is 25.5 Å². The van der Waals surface area contributed by atoms with Crippen molar-refractivity contribution >= 4 is 55.1 Å². The Morgan fingerprint density at radius 2 is 1.36 bits per heavy atom. The molecule has 0 saturated carbocycles. The number of hydrogen-bond acceptors (Lipinski definition) is 14. The second kappa shape index (κ2) is 15.7. The quantitative estimate of drug-likeness (QED) is 0.0451. The van der Waals surface area contributed by atoms with Gasteiger partial charge >= 0.3 is 59.1 Å². The van der Waals surface area contributed by atoms with Crippen molar-refractivity contribution in [2.24, 2.45) is 10.2 Å². The fourth-order valence-corrected chi connectivity index (χ4v) is 5.46. The van der Waals surface area contributed by atoms with Crippen LogP contribution in [-0.4, -0.2) is 18.1 Å². The minimum Gasteiger partial charge on any atom is -0.744 e. The molecule has 0 heterocycles. The van der Waals surface area contributed by atoms with Crippen LogP contribution in [0, 0.1) is 0 Å². The smallest absolute Gasteiger partial charge is 0.744 e. The number of anilines is 2. The molecule has 0 bridgehead atoms. The second-order valence-electron chi connectivity index (χ2n) is 8.65. The zero-order chi connectivity index (χ0) is 29.9. The number of nitrogens with zero attached hydrogens (tertiary/aromatic N) is 2. The maximum absolute atomic E-state index is 13.3. The van der Waals surface area contributed by atoms with Gasteiger partial charge in [-0.25, -0.2) is 8.42 Å². The molecule has 5 aromatic carbocycles. The predicted octanol–water partition coefficient (Wildman–Crippen LogP) is -4.92. The van der Waals surface area contributed by atoms with Crippen molar-refractivity contribution in [2.45, 2.75) is 16.4 Å².